The second-order valence-corrected chi connectivity index (χ2v) is 5.28. The van der Waals surface area contributed by atoms with E-state index in [0.29, 0.717) is 5.92 Å². The molecule has 2 rings (SSSR count). The van der Waals surface area contributed by atoms with E-state index in [4.69, 9.17) is 0 Å². The summed E-state index contributed by atoms with van der Waals surface area (Å²) in [5.74, 6) is 1.30. The summed E-state index contributed by atoms with van der Waals surface area (Å²) in [4.78, 5) is 13.2. The number of nitrogens with zero attached hydrogens (tertiary/aromatic N) is 1. The van der Waals surface area contributed by atoms with Gasteiger partial charge in [0.05, 0.1) is 0 Å². The van der Waals surface area contributed by atoms with Crippen molar-refractivity contribution in [2.45, 2.75) is 44.9 Å². The van der Waals surface area contributed by atoms with E-state index in [1.165, 1.54) is 38.6 Å². The van der Waals surface area contributed by atoms with E-state index in [-0.39, 0.29) is 0 Å². The lowest BCUT2D eigenvalue weighted by molar-refractivity contribution is -0.112. The minimum absolute atomic E-state index is 0.354. The Bertz CT molecular complexity index is 191. The van der Waals surface area contributed by atoms with Crippen LogP contribution in [0.25, 0.3) is 0 Å². The van der Waals surface area contributed by atoms with E-state index in [9.17, 15) is 4.79 Å². The monoisotopic (exact) mass is 209 g/mol. The number of likely N-dealkylation sites (tertiary alicyclic amines) is 1. The topological polar surface area (TPSA) is 20.3 Å². The molecule has 0 aromatic rings. The van der Waals surface area contributed by atoms with Gasteiger partial charge in [-0.1, -0.05) is 19.3 Å². The third-order valence-corrected chi connectivity index (χ3v) is 4.07. The molecule has 0 aromatic carbocycles. The summed E-state index contributed by atoms with van der Waals surface area (Å²) in [7, 11) is 0. The average molecular weight is 209 g/mol. The lowest BCUT2D eigenvalue weighted by atomic mass is 9.88. The van der Waals surface area contributed by atoms with E-state index in [1.54, 1.807) is 0 Å². The summed E-state index contributed by atoms with van der Waals surface area (Å²) < 4.78 is 0. The first kappa shape index (κ1) is 11.1. The average Bonchev–Trinajstić information content (AvgIpc) is 2.31. The van der Waals surface area contributed by atoms with Crippen molar-refractivity contribution in [2.24, 2.45) is 11.8 Å². The van der Waals surface area contributed by atoms with E-state index in [1.807, 2.05) is 0 Å². The summed E-state index contributed by atoms with van der Waals surface area (Å²) in [6, 6.07) is 0. The predicted octanol–water partition coefficient (Wildman–Crippen LogP) is 2.48. The first-order valence-corrected chi connectivity index (χ1v) is 6.56. The Labute approximate surface area is 93.0 Å². The van der Waals surface area contributed by atoms with Gasteiger partial charge in [-0.2, -0.15) is 0 Å². The molecular formula is C13H23NO. The molecule has 0 aromatic heterocycles. The van der Waals surface area contributed by atoms with Gasteiger partial charge < -0.3 is 9.69 Å². The summed E-state index contributed by atoms with van der Waals surface area (Å²) in [6.45, 7) is 3.60. The van der Waals surface area contributed by atoms with Crippen LogP contribution in [0, 0.1) is 11.8 Å². The van der Waals surface area contributed by atoms with Crippen molar-refractivity contribution in [3.05, 3.63) is 0 Å². The van der Waals surface area contributed by atoms with E-state index < -0.39 is 0 Å². The Morgan fingerprint density at radius 2 is 1.67 bits per heavy atom. The van der Waals surface area contributed by atoms with Crippen molar-refractivity contribution in [1.82, 2.24) is 4.90 Å². The number of hydrogen-bond donors (Lipinski definition) is 0. The lowest BCUT2D eigenvalue weighted by Crippen LogP contribution is -2.37. The summed E-state index contributed by atoms with van der Waals surface area (Å²) in [6.07, 6.45) is 10.5. The molecule has 1 aliphatic carbocycles. The van der Waals surface area contributed by atoms with Crippen LogP contribution < -0.4 is 0 Å². The Balaban J connectivity index is 1.69. The number of rotatable bonds is 3. The van der Waals surface area contributed by atoms with Gasteiger partial charge in [0.2, 0.25) is 0 Å². The van der Waals surface area contributed by atoms with Gasteiger partial charge in [-0.05, 0) is 44.7 Å². The van der Waals surface area contributed by atoms with Gasteiger partial charge in [-0.25, -0.2) is 0 Å². The van der Waals surface area contributed by atoms with E-state index in [0.717, 1.165) is 38.1 Å². The van der Waals surface area contributed by atoms with Crippen molar-refractivity contribution < 1.29 is 4.79 Å². The molecule has 15 heavy (non-hydrogen) atoms. The summed E-state index contributed by atoms with van der Waals surface area (Å²) in [5, 5.41) is 0. The van der Waals surface area contributed by atoms with Crippen LogP contribution in [0.3, 0.4) is 0 Å². The maximum absolute atomic E-state index is 10.6. The second kappa shape index (κ2) is 5.64. The van der Waals surface area contributed by atoms with Gasteiger partial charge in [-0.3, -0.25) is 0 Å². The molecular weight excluding hydrogens is 186 g/mol. The van der Waals surface area contributed by atoms with Gasteiger partial charge in [0.15, 0.2) is 0 Å². The molecule has 2 aliphatic rings. The zero-order valence-corrected chi connectivity index (χ0v) is 9.66. The first-order valence-electron chi connectivity index (χ1n) is 6.56. The minimum Gasteiger partial charge on any atom is -0.303 e. The van der Waals surface area contributed by atoms with Gasteiger partial charge in [0.1, 0.15) is 6.29 Å². The Morgan fingerprint density at radius 1 is 1.00 bits per heavy atom. The zero-order valence-electron chi connectivity index (χ0n) is 9.66. The predicted molar refractivity (Wildman–Crippen MR) is 61.8 cm³/mol. The molecule has 2 heteroatoms. The molecule has 0 bridgehead atoms. The molecule has 2 fully saturated rings. The molecule has 1 heterocycles. The van der Waals surface area contributed by atoms with Crippen LogP contribution in [0.15, 0.2) is 0 Å². The highest BCUT2D eigenvalue weighted by atomic mass is 16.1. The summed E-state index contributed by atoms with van der Waals surface area (Å²) >= 11 is 0. The fourth-order valence-electron chi connectivity index (χ4n) is 3.01. The Morgan fingerprint density at radius 3 is 2.27 bits per heavy atom. The molecule has 1 saturated heterocycles. The fourth-order valence-corrected chi connectivity index (χ4v) is 3.01. The van der Waals surface area contributed by atoms with Gasteiger partial charge in [0.25, 0.3) is 0 Å². The largest absolute Gasteiger partial charge is 0.303 e. The van der Waals surface area contributed by atoms with Gasteiger partial charge in [0, 0.05) is 12.5 Å². The smallest absolute Gasteiger partial charge is 0.123 e. The number of hydrogen-bond acceptors (Lipinski definition) is 2. The van der Waals surface area contributed by atoms with Crippen molar-refractivity contribution in [3.63, 3.8) is 0 Å². The highest BCUT2D eigenvalue weighted by Gasteiger charge is 2.22. The summed E-state index contributed by atoms with van der Waals surface area (Å²) in [5.41, 5.74) is 0. The van der Waals surface area contributed by atoms with E-state index in [2.05, 4.69) is 4.90 Å². The Hall–Kier alpha value is -0.370. The van der Waals surface area contributed by atoms with Crippen LogP contribution in [0.4, 0.5) is 0 Å². The number of aldehydes is 1. The van der Waals surface area contributed by atoms with Crippen molar-refractivity contribution in [1.29, 1.82) is 0 Å². The quantitative estimate of drug-likeness (QED) is 0.666. The molecule has 1 aliphatic heterocycles. The zero-order chi connectivity index (χ0) is 10.5. The van der Waals surface area contributed by atoms with Crippen LogP contribution >= 0.6 is 0 Å². The van der Waals surface area contributed by atoms with Gasteiger partial charge in [-0.15, -0.1) is 0 Å². The van der Waals surface area contributed by atoms with Crippen LogP contribution in [0.1, 0.15) is 44.9 Å². The normalized spacial score (nSPS) is 26.7. The minimum atomic E-state index is 0.354. The lowest BCUT2D eigenvalue weighted by Gasteiger charge is -2.33. The highest BCUT2D eigenvalue weighted by molar-refractivity contribution is 5.53. The van der Waals surface area contributed by atoms with Gasteiger partial charge >= 0.3 is 0 Å². The van der Waals surface area contributed by atoms with Crippen molar-refractivity contribution in [2.75, 3.05) is 19.6 Å². The number of carbonyl (C=O) groups is 1. The molecule has 0 atom stereocenters. The third kappa shape index (κ3) is 3.30. The first-order chi connectivity index (χ1) is 7.38. The van der Waals surface area contributed by atoms with Crippen LogP contribution in [0.2, 0.25) is 0 Å². The van der Waals surface area contributed by atoms with Crippen molar-refractivity contribution in [3.8, 4) is 0 Å². The van der Waals surface area contributed by atoms with Crippen molar-refractivity contribution >= 4 is 6.29 Å². The second-order valence-electron chi connectivity index (χ2n) is 5.28. The fraction of sp³-hybridized carbons (Fsp3) is 0.923. The number of piperidine rings is 1. The molecule has 0 amide bonds. The maximum atomic E-state index is 10.6. The molecule has 1 saturated carbocycles. The molecule has 0 unspecified atom stereocenters. The highest BCUT2D eigenvalue weighted by Crippen LogP contribution is 2.26. The molecule has 86 valence electrons. The molecule has 2 nitrogen and oxygen atoms in total. The molecule has 0 radical (unpaired) electrons. The third-order valence-electron chi connectivity index (χ3n) is 4.07. The molecule has 0 spiro atoms. The van der Waals surface area contributed by atoms with Crippen LogP contribution in [-0.2, 0) is 4.79 Å². The molecule has 0 N–H and O–H groups in total. The number of carbonyl (C=O) groups excluding carboxylic acids is 1. The standard InChI is InChI=1S/C13H23NO/c15-11-13-6-8-14(9-7-13)10-12-4-2-1-3-5-12/h11-13H,1-10H2. The van der Waals surface area contributed by atoms with E-state index >= 15 is 0 Å². The van der Waals surface area contributed by atoms with Crippen LogP contribution in [-0.4, -0.2) is 30.8 Å². The maximum Gasteiger partial charge on any atom is 0.123 e. The SMILES string of the molecule is O=CC1CCN(CC2CCCCC2)CC1. The Kier molecular flexibility index (Phi) is 4.18. The van der Waals surface area contributed by atoms with Crippen LogP contribution in [0.5, 0.6) is 0 Å².